The van der Waals surface area contributed by atoms with Crippen LogP contribution in [0.3, 0.4) is 0 Å². The fraction of sp³-hybridized carbons (Fsp3) is 0.850. The zero-order valence-electron chi connectivity index (χ0n) is 15.3. The van der Waals surface area contributed by atoms with Gasteiger partial charge < -0.3 is 24.1 Å². The number of fused-ring (bicyclic) bond motifs is 4. The molecule has 0 aromatic carbocycles. The van der Waals surface area contributed by atoms with Crippen LogP contribution in [0.4, 0.5) is 0 Å². The molecule has 2 spiro atoms. The van der Waals surface area contributed by atoms with Gasteiger partial charge in [-0.15, -0.1) is 0 Å². The molecular weight excluding hydrogens is 336 g/mol. The summed E-state index contributed by atoms with van der Waals surface area (Å²) in [5.41, 5.74) is 0.230. The number of hydrogen-bond acceptors (Lipinski definition) is 6. The molecule has 3 aliphatic carbocycles. The summed E-state index contributed by atoms with van der Waals surface area (Å²) >= 11 is 0. The molecule has 140 valence electrons. The molecule has 0 amide bonds. The van der Waals surface area contributed by atoms with E-state index in [0.717, 1.165) is 30.4 Å². The van der Waals surface area contributed by atoms with Crippen molar-refractivity contribution in [3.05, 3.63) is 11.1 Å². The normalized spacial score (nSPS) is 63.1. The van der Waals surface area contributed by atoms with Gasteiger partial charge in [-0.2, -0.15) is 0 Å². The van der Waals surface area contributed by atoms with Crippen molar-refractivity contribution >= 4 is 5.97 Å². The molecule has 4 aliphatic heterocycles. The fourth-order valence-corrected chi connectivity index (χ4v) is 7.70. The SMILES string of the molecule is CC(C)[C@]12O[C@H]1[C@@H]1O[C@@]13[C@@]1(C)CCC4=C(COC4=O)[C@@H]1C[C@@H]1O[C@@]13C2O. The van der Waals surface area contributed by atoms with Gasteiger partial charge in [-0.25, -0.2) is 4.79 Å². The standard InChI is InChI=1S/C20H24O6/c1-8(2)18-13(25-18)14-20(26-14)17(3)5-4-9-10(7-23-15(9)21)11(17)6-12-19(20,24-12)16(18)22/h8,11-14,16,22H,4-7H2,1-3H3/t11-,12-,13-,14-,16?,17-,18-,19+,20+/m0/s1. The summed E-state index contributed by atoms with van der Waals surface area (Å²) < 4.78 is 24.3. The molecule has 9 atom stereocenters. The first kappa shape index (κ1) is 15.0. The largest absolute Gasteiger partial charge is 0.458 e. The Morgan fingerprint density at radius 3 is 2.77 bits per heavy atom. The number of hydrogen-bond donors (Lipinski definition) is 1. The van der Waals surface area contributed by atoms with E-state index in [2.05, 4.69) is 20.8 Å². The molecule has 1 unspecified atom stereocenters. The lowest BCUT2D eigenvalue weighted by molar-refractivity contribution is -0.136. The highest BCUT2D eigenvalue weighted by atomic mass is 16.7. The fourth-order valence-electron chi connectivity index (χ4n) is 7.70. The van der Waals surface area contributed by atoms with Gasteiger partial charge >= 0.3 is 5.97 Å². The minimum absolute atomic E-state index is 0.00808. The Kier molecular flexibility index (Phi) is 2.19. The molecule has 0 bridgehead atoms. The highest BCUT2D eigenvalue weighted by molar-refractivity contribution is 5.92. The van der Waals surface area contributed by atoms with Crippen LogP contribution in [0.2, 0.25) is 0 Å². The van der Waals surface area contributed by atoms with Crippen molar-refractivity contribution in [3.8, 4) is 0 Å². The van der Waals surface area contributed by atoms with E-state index in [4.69, 9.17) is 18.9 Å². The van der Waals surface area contributed by atoms with E-state index in [1.165, 1.54) is 0 Å². The molecule has 26 heavy (non-hydrogen) atoms. The first-order chi connectivity index (χ1) is 12.3. The molecule has 4 heterocycles. The van der Waals surface area contributed by atoms with Crippen molar-refractivity contribution in [1.29, 1.82) is 0 Å². The minimum Gasteiger partial charge on any atom is -0.458 e. The van der Waals surface area contributed by atoms with Crippen LogP contribution < -0.4 is 0 Å². The summed E-state index contributed by atoms with van der Waals surface area (Å²) in [6, 6.07) is 0. The van der Waals surface area contributed by atoms with E-state index in [-0.39, 0.29) is 41.5 Å². The minimum atomic E-state index is -0.654. The zero-order chi connectivity index (χ0) is 17.9. The number of carbonyl (C=O) groups excluding carboxylic acids is 1. The van der Waals surface area contributed by atoms with E-state index < -0.39 is 22.9 Å². The molecular formula is C20H24O6. The van der Waals surface area contributed by atoms with Crippen LogP contribution in [-0.4, -0.2) is 58.9 Å². The quantitative estimate of drug-likeness (QED) is 0.557. The van der Waals surface area contributed by atoms with Crippen molar-refractivity contribution in [3.63, 3.8) is 0 Å². The van der Waals surface area contributed by atoms with Gasteiger partial charge in [0.05, 0.1) is 6.10 Å². The molecule has 0 aromatic rings. The Morgan fingerprint density at radius 2 is 2.00 bits per heavy atom. The van der Waals surface area contributed by atoms with E-state index in [0.29, 0.717) is 6.61 Å². The number of cyclic esters (lactones) is 1. The van der Waals surface area contributed by atoms with Crippen LogP contribution in [0.5, 0.6) is 0 Å². The third kappa shape index (κ3) is 1.14. The topological polar surface area (TPSA) is 84.1 Å². The Balaban J connectivity index is 1.39. The maximum Gasteiger partial charge on any atom is 0.334 e. The van der Waals surface area contributed by atoms with E-state index >= 15 is 0 Å². The highest BCUT2D eigenvalue weighted by Crippen LogP contribution is 2.82. The average molecular weight is 360 g/mol. The van der Waals surface area contributed by atoms with Crippen molar-refractivity contribution in [2.24, 2.45) is 17.3 Å². The molecule has 7 rings (SSSR count). The smallest absolute Gasteiger partial charge is 0.334 e. The summed E-state index contributed by atoms with van der Waals surface area (Å²) in [7, 11) is 0. The lowest BCUT2D eigenvalue weighted by Crippen LogP contribution is -2.69. The van der Waals surface area contributed by atoms with E-state index in [1.54, 1.807) is 0 Å². The number of rotatable bonds is 1. The number of aliphatic hydroxyl groups excluding tert-OH is 1. The van der Waals surface area contributed by atoms with Gasteiger partial charge in [0.1, 0.15) is 36.1 Å². The molecule has 3 saturated heterocycles. The monoisotopic (exact) mass is 360 g/mol. The molecule has 2 saturated carbocycles. The van der Waals surface area contributed by atoms with Crippen LogP contribution in [0.25, 0.3) is 0 Å². The number of aliphatic hydroxyl groups is 1. The molecule has 0 aromatic heterocycles. The van der Waals surface area contributed by atoms with Gasteiger partial charge in [-0.3, -0.25) is 0 Å². The second kappa shape index (κ2) is 3.79. The average Bonchev–Trinajstić information content (AvgIpc) is 3.47. The summed E-state index contributed by atoms with van der Waals surface area (Å²) in [4.78, 5) is 12.1. The van der Waals surface area contributed by atoms with Gasteiger partial charge in [-0.1, -0.05) is 20.8 Å². The van der Waals surface area contributed by atoms with Crippen LogP contribution in [0.15, 0.2) is 11.1 Å². The second-order valence-corrected chi connectivity index (χ2v) is 9.91. The first-order valence-electron chi connectivity index (χ1n) is 9.95. The maximum atomic E-state index is 12.1. The highest BCUT2D eigenvalue weighted by Gasteiger charge is 3.00. The maximum absolute atomic E-state index is 12.1. The van der Waals surface area contributed by atoms with Crippen LogP contribution in [-0.2, 0) is 23.7 Å². The summed E-state index contributed by atoms with van der Waals surface area (Å²) in [5, 5.41) is 11.4. The van der Waals surface area contributed by atoms with Crippen LogP contribution in [0.1, 0.15) is 40.0 Å². The first-order valence-corrected chi connectivity index (χ1v) is 9.95. The Hall–Kier alpha value is -0.950. The van der Waals surface area contributed by atoms with Gasteiger partial charge in [0.2, 0.25) is 0 Å². The predicted molar refractivity (Wildman–Crippen MR) is 87.1 cm³/mol. The van der Waals surface area contributed by atoms with Gasteiger partial charge in [0, 0.05) is 11.0 Å². The van der Waals surface area contributed by atoms with Gasteiger partial charge in [-0.05, 0) is 36.7 Å². The third-order valence-corrected chi connectivity index (χ3v) is 9.10. The number of epoxide rings is 3. The van der Waals surface area contributed by atoms with E-state index in [1.807, 2.05) is 0 Å². The second-order valence-electron chi connectivity index (χ2n) is 9.91. The Labute approximate surface area is 151 Å². The van der Waals surface area contributed by atoms with Crippen molar-refractivity contribution in [2.45, 2.75) is 81.3 Å². The molecule has 0 radical (unpaired) electrons. The van der Waals surface area contributed by atoms with Crippen molar-refractivity contribution in [2.75, 3.05) is 6.61 Å². The van der Waals surface area contributed by atoms with Crippen molar-refractivity contribution in [1.82, 2.24) is 0 Å². The third-order valence-electron chi connectivity index (χ3n) is 9.10. The van der Waals surface area contributed by atoms with E-state index in [9.17, 15) is 9.90 Å². The molecule has 6 nitrogen and oxygen atoms in total. The van der Waals surface area contributed by atoms with Crippen LogP contribution >= 0.6 is 0 Å². The summed E-state index contributed by atoms with van der Waals surface area (Å²) in [5.74, 6) is 0.297. The number of esters is 1. The van der Waals surface area contributed by atoms with Gasteiger partial charge in [0.25, 0.3) is 0 Å². The Bertz CT molecular complexity index is 819. The van der Waals surface area contributed by atoms with Gasteiger partial charge in [0.15, 0.2) is 5.60 Å². The molecule has 7 aliphatic rings. The summed E-state index contributed by atoms with van der Waals surface area (Å²) in [6.07, 6.45) is 1.71. The zero-order valence-corrected chi connectivity index (χ0v) is 15.3. The summed E-state index contributed by atoms with van der Waals surface area (Å²) in [6.45, 7) is 6.91. The Morgan fingerprint density at radius 1 is 1.19 bits per heavy atom. The number of ether oxygens (including phenoxy) is 4. The predicted octanol–water partition coefficient (Wildman–Crippen LogP) is 1.10. The molecule has 6 heteroatoms. The lowest BCUT2D eigenvalue weighted by atomic mass is 9.46. The van der Waals surface area contributed by atoms with Crippen molar-refractivity contribution < 1.29 is 28.8 Å². The lowest BCUT2D eigenvalue weighted by Gasteiger charge is -2.53. The van der Waals surface area contributed by atoms with Crippen LogP contribution in [0, 0.1) is 17.3 Å². The number of carbonyl (C=O) groups is 1. The molecule has 1 N–H and O–H groups in total. The molecule has 5 fully saturated rings.